The number of rotatable bonds is 8. The second-order valence-electron chi connectivity index (χ2n) is 7.80. The minimum Gasteiger partial charge on any atom is -0.497 e. The summed E-state index contributed by atoms with van der Waals surface area (Å²) >= 11 is 0. The summed E-state index contributed by atoms with van der Waals surface area (Å²) in [6.07, 6.45) is 3.70. The predicted molar refractivity (Wildman–Crippen MR) is 119 cm³/mol. The third-order valence-corrected chi connectivity index (χ3v) is 5.29. The van der Waals surface area contributed by atoms with E-state index in [1.807, 2.05) is 37.3 Å². The van der Waals surface area contributed by atoms with Crippen LogP contribution >= 0.6 is 0 Å². The molecule has 1 aromatic carbocycles. The van der Waals surface area contributed by atoms with Gasteiger partial charge in [-0.2, -0.15) is 9.50 Å². The first-order chi connectivity index (χ1) is 15.6. The maximum Gasteiger partial charge on any atom is 0.321 e. The Morgan fingerprint density at radius 3 is 2.78 bits per heavy atom. The lowest BCUT2D eigenvalue weighted by molar-refractivity contribution is 0.0171. The van der Waals surface area contributed by atoms with E-state index in [-0.39, 0.29) is 12.0 Å². The van der Waals surface area contributed by atoms with Gasteiger partial charge in [0.2, 0.25) is 0 Å². The summed E-state index contributed by atoms with van der Waals surface area (Å²) in [5.41, 5.74) is 1.72. The molecule has 1 saturated heterocycles. The minimum atomic E-state index is -0.394. The first kappa shape index (κ1) is 22.0. The van der Waals surface area contributed by atoms with Crippen molar-refractivity contribution in [3.8, 4) is 17.0 Å². The Morgan fingerprint density at radius 1 is 1.25 bits per heavy atom. The molecule has 32 heavy (non-hydrogen) atoms. The Hall–Kier alpha value is -3.24. The number of nitrogens with zero attached hydrogens (tertiary/aromatic N) is 4. The molecule has 1 aliphatic heterocycles. The van der Waals surface area contributed by atoms with Crippen molar-refractivity contribution in [2.45, 2.75) is 25.8 Å². The van der Waals surface area contributed by atoms with Crippen LogP contribution in [0.25, 0.3) is 17.0 Å². The van der Waals surface area contributed by atoms with Crippen LogP contribution in [0, 0.1) is 5.92 Å². The molecule has 3 heterocycles. The van der Waals surface area contributed by atoms with E-state index in [0.717, 1.165) is 43.1 Å². The van der Waals surface area contributed by atoms with Crippen LogP contribution in [0.1, 0.15) is 19.8 Å². The quantitative estimate of drug-likeness (QED) is 0.554. The number of anilines is 1. The molecule has 2 aromatic heterocycles. The number of benzene rings is 1. The molecule has 4 rings (SSSR count). The Bertz CT molecular complexity index is 1030. The van der Waals surface area contributed by atoms with Gasteiger partial charge in [0.05, 0.1) is 25.5 Å². The van der Waals surface area contributed by atoms with Gasteiger partial charge in [-0.25, -0.2) is 9.78 Å². The molecule has 1 aliphatic rings. The summed E-state index contributed by atoms with van der Waals surface area (Å²) in [4.78, 5) is 20.9. The van der Waals surface area contributed by atoms with Gasteiger partial charge in [-0.05, 0) is 56.0 Å². The van der Waals surface area contributed by atoms with Crippen LogP contribution in [0.2, 0.25) is 0 Å². The van der Waals surface area contributed by atoms with Gasteiger partial charge in [0.1, 0.15) is 5.75 Å². The van der Waals surface area contributed by atoms with E-state index in [1.54, 1.807) is 17.8 Å². The fraction of sp³-hybridized carbons (Fsp3) is 0.455. The summed E-state index contributed by atoms with van der Waals surface area (Å²) < 4.78 is 17.9. The smallest absolute Gasteiger partial charge is 0.321 e. The van der Waals surface area contributed by atoms with Crippen LogP contribution in [0.3, 0.4) is 0 Å². The molecule has 0 aliphatic carbocycles. The van der Waals surface area contributed by atoms with E-state index in [1.165, 1.54) is 0 Å². The van der Waals surface area contributed by atoms with Crippen molar-refractivity contribution in [3.63, 3.8) is 0 Å². The largest absolute Gasteiger partial charge is 0.497 e. The third-order valence-electron chi connectivity index (χ3n) is 5.29. The van der Waals surface area contributed by atoms with Crippen molar-refractivity contribution in [2.24, 2.45) is 5.92 Å². The van der Waals surface area contributed by atoms with E-state index in [4.69, 9.17) is 14.2 Å². The number of methoxy groups -OCH3 is 1. The first-order valence-electron chi connectivity index (χ1n) is 10.7. The molecule has 1 atom stereocenters. The summed E-state index contributed by atoms with van der Waals surface area (Å²) in [6, 6.07) is 8.89. The van der Waals surface area contributed by atoms with Crippen LogP contribution in [0.15, 0.2) is 36.5 Å². The molecule has 1 unspecified atom stereocenters. The van der Waals surface area contributed by atoms with Crippen LogP contribution in [0.4, 0.5) is 10.7 Å². The fourth-order valence-corrected chi connectivity index (χ4v) is 3.56. The second-order valence-corrected chi connectivity index (χ2v) is 7.80. The fourth-order valence-electron chi connectivity index (χ4n) is 3.56. The summed E-state index contributed by atoms with van der Waals surface area (Å²) in [5, 5.41) is 9.92. The Labute approximate surface area is 186 Å². The normalized spacial score (nSPS) is 15.4. The van der Waals surface area contributed by atoms with E-state index in [0.29, 0.717) is 24.9 Å². The van der Waals surface area contributed by atoms with Crippen molar-refractivity contribution in [1.29, 1.82) is 0 Å². The highest BCUT2D eigenvalue weighted by atomic mass is 16.5. The number of hydrogen-bond donors (Lipinski definition) is 2. The van der Waals surface area contributed by atoms with Gasteiger partial charge in [0.25, 0.3) is 11.7 Å². The van der Waals surface area contributed by atoms with Crippen LogP contribution in [-0.2, 0) is 9.47 Å². The maximum atomic E-state index is 12.4. The van der Waals surface area contributed by atoms with E-state index in [2.05, 4.69) is 25.7 Å². The van der Waals surface area contributed by atoms with Gasteiger partial charge in [0, 0.05) is 31.6 Å². The number of carbonyl (C=O) groups is 1. The van der Waals surface area contributed by atoms with Crippen molar-refractivity contribution in [1.82, 2.24) is 24.9 Å². The molecular formula is C22H28N6O4. The zero-order chi connectivity index (χ0) is 22.3. The van der Waals surface area contributed by atoms with Gasteiger partial charge < -0.3 is 19.5 Å². The average molecular weight is 441 g/mol. The molecule has 170 valence electrons. The van der Waals surface area contributed by atoms with E-state index in [9.17, 15) is 4.79 Å². The van der Waals surface area contributed by atoms with Crippen molar-refractivity contribution in [3.05, 3.63) is 36.5 Å². The number of nitrogens with one attached hydrogen (secondary N) is 2. The number of ether oxygens (including phenoxy) is 3. The summed E-state index contributed by atoms with van der Waals surface area (Å²) in [5.74, 6) is 1.86. The number of fused-ring (bicyclic) bond motifs is 1. The Kier molecular flexibility index (Phi) is 7.13. The van der Waals surface area contributed by atoms with E-state index >= 15 is 0 Å². The monoisotopic (exact) mass is 440 g/mol. The molecular weight excluding hydrogens is 412 g/mol. The lowest BCUT2D eigenvalue weighted by Crippen LogP contribution is -2.39. The lowest BCUT2D eigenvalue weighted by atomic mass is 10.0. The maximum absolute atomic E-state index is 12.4. The van der Waals surface area contributed by atoms with Gasteiger partial charge >= 0.3 is 6.03 Å². The molecule has 0 spiro atoms. The van der Waals surface area contributed by atoms with E-state index < -0.39 is 6.03 Å². The predicted octanol–water partition coefficient (Wildman–Crippen LogP) is 2.75. The molecule has 2 amide bonds. The highest BCUT2D eigenvalue weighted by Gasteiger charge is 2.16. The number of amides is 2. The standard InChI is InChI=1S/C22H28N6O4/c1-15(13-32-14-16-8-11-31-12-9-16)24-22(29)26-20-25-21-23-10-7-19(28(21)27-20)17-3-5-18(30-2)6-4-17/h3-7,10,15-16H,8-9,11-14H2,1-2H3,(H2,24,26,27,29). The van der Waals surface area contributed by atoms with Gasteiger partial charge in [-0.1, -0.05) is 0 Å². The minimum absolute atomic E-state index is 0.153. The summed E-state index contributed by atoms with van der Waals surface area (Å²) in [7, 11) is 1.62. The molecule has 1 fully saturated rings. The Balaban J connectivity index is 1.33. The number of aromatic nitrogens is 4. The van der Waals surface area contributed by atoms with Gasteiger partial charge in [-0.15, -0.1) is 5.10 Å². The second kappa shape index (κ2) is 10.4. The lowest BCUT2D eigenvalue weighted by Gasteiger charge is -2.22. The van der Waals surface area contributed by atoms with Gasteiger partial charge in [-0.3, -0.25) is 5.32 Å². The average Bonchev–Trinajstić information content (AvgIpc) is 3.22. The summed E-state index contributed by atoms with van der Waals surface area (Å²) in [6.45, 7) is 4.61. The number of urea groups is 1. The zero-order valence-electron chi connectivity index (χ0n) is 18.3. The van der Waals surface area contributed by atoms with Gasteiger partial charge in [0.15, 0.2) is 0 Å². The van der Waals surface area contributed by atoms with Crippen molar-refractivity contribution >= 4 is 17.8 Å². The molecule has 10 nitrogen and oxygen atoms in total. The highest BCUT2D eigenvalue weighted by Crippen LogP contribution is 2.22. The molecule has 10 heteroatoms. The SMILES string of the molecule is COc1ccc(-c2ccnc3nc(NC(=O)NC(C)COCC4CCOCC4)nn23)cc1. The zero-order valence-corrected chi connectivity index (χ0v) is 18.3. The molecule has 0 radical (unpaired) electrons. The van der Waals surface area contributed by atoms with Crippen molar-refractivity contribution < 1.29 is 19.0 Å². The topological polar surface area (TPSA) is 112 Å². The number of hydrogen-bond acceptors (Lipinski definition) is 7. The molecule has 0 saturated carbocycles. The van der Waals surface area contributed by atoms with Crippen molar-refractivity contribution in [2.75, 3.05) is 38.9 Å². The van der Waals surface area contributed by atoms with Crippen LogP contribution < -0.4 is 15.4 Å². The molecule has 0 bridgehead atoms. The molecule has 2 N–H and O–H groups in total. The Morgan fingerprint density at radius 2 is 2.03 bits per heavy atom. The van der Waals surface area contributed by atoms with Crippen LogP contribution in [-0.4, -0.2) is 65.2 Å². The molecule has 3 aromatic rings. The third kappa shape index (κ3) is 5.51. The van der Waals surface area contributed by atoms with Crippen LogP contribution in [0.5, 0.6) is 5.75 Å². The highest BCUT2D eigenvalue weighted by molar-refractivity contribution is 5.87. The number of carbonyl (C=O) groups excluding carboxylic acids is 1. The first-order valence-corrected chi connectivity index (χ1v) is 10.7.